The first-order valence-corrected chi connectivity index (χ1v) is 17.3. The molecule has 0 radical (unpaired) electrons. The van der Waals surface area contributed by atoms with Gasteiger partial charge in [0.25, 0.3) is 0 Å². The Morgan fingerprint density at radius 1 is 0.451 bits per heavy atom. The lowest BCUT2D eigenvalue weighted by atomic mass is 9.95. The van der Waals surface area contributed by atoms with Crippen LogP contribution in [-0.4, -0.2) is 11.7 Å². The Morgan fingerprint density at radius 2 is 1.12 bits per heavy atom. The van der Waals surface area contributed by atoms with Crippen molar-refractivity contribution in [2.45, 2.75) is 6.17 Å². The first kappa shape index (κ1) is 29.2. The molecule has 4 nitrogen and oxygen atoms in total. The molecule has 1 aliphatic heterocycles. The third-order valence-corrected chi connectivity index (χ3v) is 9.88. The molecule has 0 bridgehead atoms. The second kappa shape index (κ2) is 12.0. The van der Waals surface area contributed by atoms with Crippen LogP contribution in [0, 0.1) is 0 Å². The van der Waals surface area contributed by atoms with Crippen LogP contribution < -0.4 is 5.32 Å². The van der Waals surface area contributed by atoms with Gasteiger partial charge in [0, 0.05) is 21.9 Å². The zero-order valence-corrected chi connectivity index (χ0v) is 27.6. The molecule has 51 heavy (non-hydrogen) atoms. The largest absolute Gasteiger partial charge is 0.456 e. The van der Waals surface area contributed by atoms with Crippen LogP contribution in [0.1, 0.15) is 22.9 Å². The molecule has 0 saturated heterocycles. The van der Waals surface area contributed by atoms with Gasteiger partial charge >= 0.3 is 0 Å². The van der Waals surface area contributed by atoms with Crippen molar-refractivity contribution in [2.75, 3.05) is 0 Å². The van der Waals surface area contributed by atoms with E-state index < -0.39 is 0 Å². The van der Waals surface area contributed by atoms with E-state index in [1.54, 1.807) is 0 Å². The summed E-state index contributed by atoms with van der Waals surface area (Å²) < 4.78 is 6.57. The number of hydrogen-bond acceptors (Lipinski definition) is 4. The molecule has 1 N–H and O–H groups in total. The Morgan fingerprint density at radius 3 is 1.94 bits per heavy atom. The molecule has 0 aliphatic carbocycles. The number of hydrogen-bond donors (Lipinski definition) is 1. The van der Waals surface area contributed by atoms with E-state index in [0.29, 0.717) is 5.84 Å². The van der Waals surface area contributed by atoms with Crippen LogP contribution in [0.25, 0.3) is 65.7 Å². The summed E-state index contributed by atoms with van der Waals surface area (Å²) in [5.74, 6) is 1.44. The lowest BCUT2D eigenvalue weighted by Gasteiger charge is -2.25. The number of benzene rings is 8. The van der Waals surface area contributed by atoms with Crippen molar-refractivity contribution in [3.8, 4) is 22.3 Å². The smallest absolute Gasteiger partial charge is 0.159 e. The fourth-order valence-corrected chi connectivity index (χ4v) is 7.31. The average molecular weight is 654 g/mol. The third-order valence-electron chi connectivity index (χ3n) is 9.88. The maximum Gasteiger partial charge on any atom is 0.159 e. The van der Waals surface area contributed by atoms with Gasteiger partial charge in [-0.2, -0.15) is 0 Å². The molecule has 9 aromatic rings. The van der Waals surface area contributed by atoms with Gasteiger partial charge in [0.05, 0.1) is 0 Å². The standard InChI is InChI=1S/C47H31N3O/c1-2-11-30(12-3-1)35-17-10-18-36(25-35)39-28-41(44-40-19-8-9-20-42(40)51-43(44)29-39)47-49-45(37-23-21-31-13-4-6-15-33(31)26-37)48-46(50-47)38-24-22-32-14-5-7-16-34(32)27-38/h1-29,45H,(H,48,49,50). The van der Waals surface area contributed by atoms with Crippen molar-refractivity contribution in [3.05, 3.63) is 193 Å². The maximum atomic E-state index is 6.57. The molecule has 0 saturated carbocycles. The minimum atomic E-state index is -0.359. The van der Waals surface area contributed by atoms with Gasteiger partial charge in [-0.1, -0.05) is 140 Å². The Labute approximate surface area is 295 Å². The highest BCUT2D eigenvalue weighted by Crippen LogP contribution is 2.37. The Balaban J connectivity index is 1.19. The van der Waals surface area contributed by atoms with Gasteiger partial charge in [0.2, 0.25) is 0 Å². The molecule has 1 aromatic heterocycles. The van der Waals surface area contributed by atoms with Crippen molar-refractivity contribution < 1.29 is 4.42 Å². The number of para-hydroxylation sites is 1. The van der Waals surface area contributed by atoms with Gasteiger partial charge in [-0.15, -0.1) is 0 Å². The number of aliphatic imine (C=N–C) groups is 2. The van der Waals surface area contributed by atoms with Crippen molar-refractivity contribution in [1.82, 2.24) is 5.32 Å². The van der Waals surface area contributed by atoms with Crippen LogP contribution in [0.15, 0.2) is 190 Å². The molecule has 1 atom stereocenters. The highest BCUT2D eigenvalue weighted by atomic mass is 16.3. The third kappa shape index (κ3) is 5.25. The monoisotopic (exact) mass is 653 g/mol. The highest BCUT2D eigenvalue weighted by Gasteiger charge is 2.25. The van der Waals surface area contributed by atoms with Crippen molar-refractivity contribution in [3.63, 3.8) is 0 Å². The van der Waals surface area contributed by atoms with Gasteiger partial charge in [-0.05, 0) is 85.8 Å². The van der Waals surface area contributed by atoms with E-state index in [0.717, 1.165) is 66.5 Å². The first-order valence-electron chi connectivity index (χ1n) is 17.3. The molecule has 0 spiro atoms. The Bertz CT molecular complexity index is 2850. The summed E-state index contributed by atoms with van der Waals surface area (Å²) >= 11 is 0. The molecular weight excluding hydrogens is 623 g/mol. The van der Waals surface area contributed by atoms with Gasteiger partial charge in [-0.3, -0.25) is 0 Å². The molecule has 1 unspecified atom stereocenters. The van der Waals surface area contributed by atoms with Crippen LogP contribution in [0.4, 0.5) is 0 Å². The molecule has 2 heterocycles. The number of nitrogens with one attached hydrogen (secondary N) is 1. The number of nitrogens with zero attached hydrogens (tertiary/aromatic N) is 2. The molecule has 0 fully saturated rings. The van der Waals surface area contributed by atoms with Crippen molar-refractivity contribution in [1.29, 1.82) is 0 Å². The molecule has 1 aliphatic rings. The second-order valence-corrected chi connectivity index (χ2v) is 13.1. The summed E-state index contributed by atoms with van der Waals surface area (Å²) in [6.07, 6.45) is -0.359. The molecule has 4 heteroatoms. The maximum absolute atomic E-state index is 6.57. The van der Waals surface area contributed by atoms with E-state index in [1.807, 2.05) is 18.2 Å². The predicted octanol–water partition coefficient (Wildman–Crippen LogP) is 11.7. The van der Waals surface area contributed by atoms with E-state index >= 15 is 0 Å². The number of fused-ring (bicyclic) bond motifs is 5. The summed E-state index contributed by atoms with van der Waals surface area (Å²) in [6.45, 7) is 0. The minimum absolute atomic E-state index is 0.359. The molecule has 10 rings (SSSR count). The van der Waals surface area contributed by atoms with Gasteiger partial charge < -0.3 is 9.73 Å². The Kier molecular flexibility index (Phi) is 6.85. The van der Waals surface area contributed by atoms with E-state index in [9.17, 15) is 0 Å². The van der Waals surface area contributed by atoms with Crippen molar-refractivity contribution >= 4 is 55.2 Å². The number of furan rings is 1. The van der Waals surface area contributed by atoms with E-state index in [4.69, 9.17) is 14.4 Å². The summed E-state index contributed by atoms with van der Waals surface area (Å²) in [4.78, 5) is 10.6. The lowest BCUT2D eigenvalue weighted by molar-refractivity contribution is 0.668. The fraction of sp³-hybridized carbons (Fsp3) is 0.0213. The van der Waals surface area contributed by atoms with E-state index in [1.165, 1.54) is 21.7 Å². The summed E-state index contributed by atoms with van der Waals surface area (Å²) in [5.41, 5.74) is 9.16. The van der Waals surface area contributed by atoms with Crippen LogP contribution in [0.2, 0.25) is 0 Å². The van der Waals surface area contributed by atoms with Crippen LogP contribution in [0.3, 0.4) is 0 Å². The molecule has 240 valence electrons. The van der Waals surface area contributed by atoms with Crippen LogP contribution in [-0.2, 0) is 0 Å². The zero-order chi connectivity index (χ0) is 33.7. The Hall–Kier alpha value is -6.78. The SMILES string of the molecule is c1ccc(-c2cccc(-c3cc(C4=NC(c5ccc6ccccc6c5)=NC(c5ccc6ccccc6c5)N4)c4c(c3)oc3ccccc34)c2)cc1. The minimum Gasteiger partial charge on any atom is -0.456 e. The molecule has 8 aromatic carbocycles. The van der Waals surface area contributed by atoms with Crippen LogP contribution >= 0.6 is 0 Å². The van der Waals surface area contributed by atoms with Crippen LogP contribution in [0.5, 0.6) is 0 Å². The summed E-state index contributed by atoms with van der Waals surface area (Å²) in [6, 6.07) is 61.7. The second-order valence-electron chi connectivity index (χ2n) is 13.1. The topological polar surface area (TPSA) is 49.9 Å². The highest BCUT2D eigenvalue weighted by molar-refractivity contribution is 6.22. The van der Waals surface area contributed by atoms with E-state index in [-0.39, 0.29) is 6.17 Å². The van der Waals surface area contributed by atoms with E-state index in [2.05, 4.69) is 163 Å². The average Bonchev–Trinajstić information content (AvgIpc) is 3.59. The quantitative estimate of drug-likeness (QED) is 0.201. The zero-order valence-electron chi connectivity index (χ0n) is 27.6. The summed E-state index contributed by atoms with van der Waals surface area (Å²) in [5, 5.41) is 10.5. The predicted molar refractivity (Wildman–Crippen MR) is 211 cm³/mol. The normalized spacial score (nSPS) is 14.5. The molecule has 0 amide bonds. The van der Waals surface area contributed by atoms with Crippen molar-refractivity contribution in [2.24, 2.45) is 9.98 Å². The molecular formula is C47H31N3O. The number of rotatable bonds is 5. The van der Waals surface area contributed by atoms with Gasteiger partial charge in [-0.25, -0.2) is 9.98 Å². The number of amidine groups is 2. The fourth-order valence-electron chi connectivity index (χ4n) is 7.31. The van der Waals surface area contributed by atoms with Gasteiger partial charge in [0.1, 0.15) is 23.2 Å². The first-order chi connectivity index (χ1) is 25.2. The summed E-state index contributed by atoms with van der Waals surface area (Å²) in [7, 11) is 0. The van der Waals surface area contributed by atoms with Gasteiger partial charge in [0.15, 0.2) is 5.84 Å². The lowest BCUT2D eigenvalue weighted by Crippen LogP contribution is -2.33.